The minimum atomic E-state index is -0.343. The molecule has 1 N–H and O–H groups in total. The molecular weight excluding hydrogens is 395 g/mol. The molecule has 6 nitrogen and oxygen atoms in total. The van der Waals surface area contributed by atoms with Crippen molar-refractivity contribution in [1.29, 1.82) is 0 Å². The number of carbonyl (C=O) groups excluding carboxylic acids is 1. The molecule has 0 unspecified atom stereocenters. The predicted molar refractivity (Wildman–Crippen MR) is 116 cm³/mol. The lowest BCUT2D eigenvalue weighted by atomic mass is 10.1. The van der Waals surface area contributed by atoms with Gasteiger partial charge in [-0.3, -0.25) is 4.79 Å². The van der Waals surface area contributed by atoms with Crippen LogP contribution in [0.1, 0.15) is 27.2 Å². The summed E-state index contributed by atoms with van der Waals surface area (Å²) in [4.78, 5) is 17.2. The Kier molecular flexibility index (Phi) is 5.49. The highest BCUT2D eigenvalue weighted by molar-refractivity contribution is 6.05. The van der Waals surface area contributed by atoms with E-state index in [2.05, 4.69) is 15.4 Å². The summed E-state index contributed by atoms with van der Waals surface area (Å²) >= 11 is 0. The number of aryl methyl sites for hydroxylation is 1. The Balaban J connectivity index is 1.59. The maximum absolute atomic E-state index is 13.2. The molecule has 0 saturated carbocycles. The van der Waals surface area contributed by atoms with E-state index in [1.807, 2.05) is 32.0 Å². The highest BCUT2D eigenvalue weighted by Gasteiger charge is 2.18. The maximum Gasteiger partial charge on any atom is 0.259 e. The molecule has 0 saturated heterocycles. The Hall–Kier alpha value is -4.00. The summed E-state index contributed by atoms with van der Waals surface area (Å²) in [6, 6.07) is 15.1. The fourth-order valence-electron chi connectivity index (χ4n) is 3.17. The fraction of sp³-hybridized carbons (Fsp3) is 0.125. The van der Waals surface area contributed by atoms with Gasteiger partial charge in [-0.05, 0) is 74.4 Å². The number of halogens is 1. The molecule has 0 aliphatic carbocycles. The van der Waals surface area contributed by atoms with Crippen molar-refractivity contribution in [1.82, 2.24) is 14.8 Å². The van der Waals surface area contributed by atoms with E-state index in [4.69, 9.17) is 4.74 Å². The minimum absolute atomic E-state index is 0.299. The second-order valence-corrected chi connectivity index (χ2v) is 7.14. The van der Waals surface area contributed by atoms with Crippen LogP contribution in [0.5, 0.6) is 11.6 Å². The average molecular weight is 416 g/mol. The van der Waals surface area contributed by atoms with Crippen molar-refractivity contribution in [3.05, 3.63) is 95.2 Å². The number of ether oxygens (including phenoxy) is 1. The van der Waals surface area contributed by atoms with E-state index in [1.54, 1.807) is 42.1 Å². The van der Waals surface area contributed by atoms with Crippen molar-refractivity contribution >= 4 is 11.6 Å². The molecule has 2 aromatic heterocycles. The van der Waals surface area contributed by atoms with Gasteiger partial charge in [0.15, 0.2) is 0 Å². The molecule has 156 valence electrons. The lowest BCUT2D eigenvalue weighted by molar-refractivity contribution is 0.102. The van der Waals surface area contributed by atoms with E-state index in [-0.39, 0.29) is 11.7 Å². The van der Waals surface area contributed by atoms with Crippen LogP contribution < -0.4 is 10.1 Å². The molecule has 31 heavy (non-hydrogen) atoms. The van der Waals surface area contributed by atoms with E-state index < -0.39 is 0 Å². The highest BCUT2D eigenvalue weighted by Crippen LogP contribution is 2.30. The van der Waals surface area contributed by atoms with Crippen LogP contribution in [-0.4, -0.2) is 20.7 Å². The molecule has 0 radical (unpaired) electrons. The topological polar surface area (TPSA) is 69.0 Å². The number of pyridine rings is 1. The molecule has 0 atom stereocenters. The number of nitrogens with zero attached hydrogens (tertiary/aromatic N) is 3. The summed E-state index contributed by atoms with van der Waals surface area (Å²) in [5, 5.41) is 7.13. The molecule has 0 bridgehead atoms. The van der Waals surface area contributed by atoms with Gasteiger partial charge < -0.3 is 10.1 Å². The molecule has 7 heteroatoms. The molecule has 2 aromatic carbocycles. The van der Waals surface area contributed by atoms with E-state index >= 15 is 0 Å². The van der Waals surface area contributed by atoms with Gasteiger partial charge in [-0.2, -0.15) is 5.10 Å². The standard InChI is InChI=1S/C24H21FN4O2/c1-15-6-4-8-22(16(15)2)31-24-21(7-5-13-26-24)28-23(30)20-14-27-29(17(20)3)19-11-9-18(25)10-12-19/h4-14H,1-3H3,(H,28,30). The summed E-state index contributed by atoms with van der Waals surface area (Å²) < 4.78 is 20.8. The van der Waals surface area contributed by atoms with Gasteiger partial charge in [-0.15, -0.1) is 0 Å². The first-order valence-corrected chi connectivity index (χ1v) is 9.75. The number of aromatic nitrogens is 3. The van der Waals surface area contributed by atoms with Crippen molar-refractivity contribution in [3.8, 4) is 17.3 Å². The molecule has 0 aliphatic rings. The van der Waals surface area contributed by atoms with Crippen molar-refractivity contribution in [3.63, 3.8) is 0 Å². The Bertz CT molecular complexity index is 1250. The van der Waals surface area contributed by atoms with Gasteiger partial charge in [0.25, 0.3) is 5.91 Å². The van der Waals surface area contributed by atoms with Crippen molar-refractivity contribution in [2.24, 2.45) is 0 Å². The summed E-state index contributed by atoms with van der Waals surface area (Å²) in [5.74, 6) is 0.298. The predicted octanol–water partition coefficient (Wildman–Crippen LogP) is 5.38. The molecule has 4 rings (SSSR count). The number of carbonyl (C=O) groups is 1. The molecule has 0 fully saturated rings. The molecule has 0 aliphatic heterocycles. The molecular formula is C24H21FN4O2. The zero-order valence-electron chi connectivity index (χ0n) is 17.4. The lowest BCUT2D eigenvalue weighted by Gasteiger charge is -2.13. The van der Waals surface area contributed by atoms with Crippen LogP contribution in [0.2, 0.25) is 0 Å². The lowest BCUT2D eigenvalue weighted by Crippen LogP contribution is -2.14. The van der Waals surface area contributed by atoms with E-state index in [0.717, 1.165) is 11.1 Å². The second kappa shape index (κ2) is 8.39. The number of rotatable bonds is 5. The molecule has 0 spiro atoms. The highest BCUT2D eigenvalue weighted by atomic mass is 19.1. The zero-order chi connectivity index (χ0) is 22.0. The molecule has 2 heterocycles. The minimum Gasteiger partial charge on any atom is -0.437 e. The van der Waals surface area contributed by atoms with Gasteiger partial charge in [0, 0.05) is 6.20 Å². The van der Waals surface area contributed by atoms with Crippen LogP contribution >= 0.6 is 0 Å². The van der Waals surface area contributed by atoms with Crippen LogP contribution in [0.25, 0.3) is 5.69 Å². The fourth-order valence-corrected chi connectivity index (χ4v) is 3.17. The van der Waals surface area contributed by atoms with Gasteiger partial charge in [-0.25, -0.2) is 14.1 Å². The third kappa shape index (κ3) is 4.16. The van der Waals surface area contributed by atoms with Gasteiger partial charge >= 0.3 is 0 Å². The second-order valence-electron chi connectivity index (χ2n) is 7.14. The number of benzene rings is 2. The number of nitrogens with one attached hydrogen (secondary N) is 1. The van der Waals surface area contributed by atoms with Crippen LogP contribution in [0, 0.1) is 26.6 Å². The smallest absolute Gasteiger partial charge is 0.259 e. The maximum atomic E-state index is 13.2. The van der Waals surface area contributed by atoms with Crippen molar-refractivity contribution in [2.45, 2.75) is 20.8 Å². The van der Waals surface area contributed by atoms with E-state index in [1.165, 1.54) is 18.3 Å². The number of anilines is 1. The van der Waals surface area contributed by atoms with Gasteiger partial charge in [0.2, 0.25) is 5.88 Å². The molecule has 4 aromatic rings. The third-order valence-corrected chi connectivity index (χ3v) is 5.11. The van der Waals surface area contributed by atoms with Crippen LogP contribution in [-0.2, 0) is 0 Å². The van der Waals surface area contributed by atoms with E-state index in [9.17, 15) is 9.18 Å². The van der Waals surface area contributed by atoms with Gasteiger partial charge in [0.1, 0.15) is 17.3 Å². The van der Waals surface area contributed by atoms with Crippen LogP contribution in [0.4, 0.5) is 10.1 Å². The normalized spacial score (nSPS) is 10.7. The number of hydrogen-bond donors (Lipinski definition) is 1. The Morgan fingerprint density at radius 3 is 2.58 bits per heavy atom. The van der Waals surface area contributed by atoms with Crippen LogP contribution in [0.15, 0.2) is 67.0 Å². The first-order valence-electron chi connectivity index (χ1n) is 9.75. The first kappa shape index (κ1) is 20.3. The quantitative estimate of drug-likeness (QED) is 0.474. The first-order chi connectivity index (χ1) is 14.9. The summed E-state index contributed by atoms with van der Waals surface area (Å²) in [7, 11) is 0. The zero-order valence-corrected chi connectivity index (χ0v) is 17.4. The van der Waals surface area contributed by atoms with Crippen LogP contribution in [0.3, 0.4) is 0 Å². The summed E-state index contributed by atoms with van der Waals surface area (Å²) in [6.45, 7) is 5.76. The van der Waals surface area contributed by atoms with E-state index in [0.29, 0.717) is 34.3 Å². The average Bonchev–Trinajstić information content (AvgIpc) is 3.15. The third-order valence-electron chi connectivity index (χ3n) is 5.11. The number of amides is 1. The largest absolute Gasteiger partial charge is 0.437 e. The Labute approximate surface area is 179 Å². The van der Waals surface area contributed by atoms with Crippen molar-refractivity contribution in [2.75, 3.05) is 5.32 Å². The SMILES string of the molecule is Cc1cccc(Oc2ncccc2NC(=O)c2cnn(-c3ccc(F)cc3)c2C)c1C. The van der Waals surface area contributed by atoms with Gasteiger partial charge in [-0.1, -0.05) is 12.1 Å². The monoisotopic (exact) mass is 416 g/mol. The Morgan fingerprint density at radius 2 is 1.81 bits per heavy atom. The summed E-state index contributed by atoms with van der Waals surface area (Å²) in [6.07, 6.45) is 3.09. The number of hydrogen-bond acceptors (Lipinski definition) is 4. The summed E-state index contributed by atoms with van der Waals surface area (Å²) in [5.41, 5.74) is 4.24. The van der Waals surface area contributed by atoms with Crippen molar-refractivity contribution < 1.29 is 13.9 Å². The Morgan fingerprint density at radius 1 is 1.03 bits per heavy atom. The van der Waals surface area contributed by atoms with Gasteiger partial charge in [0.05, 0.1) is 23.1 Å². The molecule has 1 amide bonds.